The molecule has 100 valence electrons. The zero-order valence-corrected chi connectivity index (χ0v) is 13.5. The highest BCUT2D eigenvalue weighted by Crippen LogP contribution is 2.15. The van der Waals surface area contributed by atoms with Crippen molar-refractivity contribution < 1.29 is 4.79 Å². The lowest BCUT2D eigenvalue weighted by molar-refractivity contribution is 0.0937. The summed E-state index contributed by atoms with van der Waals surface area (Å²) < 4.78 is 0. The Labute approximate surface area is 122 Å². The van der Waals surface area contributed by atoms with Gasteiger partial charge in [-0.15, -0.1) is 11.8 Å². The van der Waals surface area contributed by atoms with Gasteiger partial charge in [0.1, 0.15) is 0 Å². The van der Waals surface area contributed by atoms with Crippen LogP contribution in [-0.2, 0) is 0 Å². The minimum Gasteiger partial charge on any atom is -0.348 e. The highest BCUT2D eigenvalue weighted by molar-refractivity contribution is 9.09. The number of rotatable bonds is 6. The molecule has 0 heterocycles. The van der Waals surface area contributed by atoms with Gasteiger partial charge in [0.15, 0.2) is 0 Å². The molecule has 2 nitrogen and oxygen atoms in total. The Morgan fingerprint density at radius 1 is 1.33 bits per heavy atom. The monoisotopic (exact) mass is 329 g/mol. The first-order valence-corrected chi connectivity index (χ1v) is 8.42. The zero-order valence-electron chi connectivity index (χ0n) is 11.1. The van der Waals surface area contributed by atoms with Crippen LogP contribution in [0.2, 0.25) is 0 Å². The minimum atomic E-state index is 0.00718. The molecule has 0 aliphatic heterocycles. The summed E-state index contributed by atoms with van der Waals surface area (Å²) in [5.74, 6) is 0.583. The molecule has 0 saturated heterocycles. The van der Waals surface area contributed by atoms with Crippen molar-refractivity contribution in [3.8, 4) is 0 Å². The number of carbonyl (C=O) groups is 1. The molecular weight excluding hydrogens is 310 g/mol. The second-order valence-electron chi connectivity index (χ2n) is 4.68. The van der Waals surface area contributed by atoms with Crippen molar-refractivity contribution in [2.45, 2.75) is 31.2 Å². The number of alkyl halides is 1. The fraction of sp³-hybridized carbons (Fsp3) is 0.500. The maximum atomic E-state index is 12.1. The number of benzene rings is 1. The number of carbonyl (C=O) groups excluding carboxylic acids is 1. The highest BCUT2D eigenvalue weighted by atomic mass is 79.9. The number of amides is 1. The fourth-order valence-electron chi connectivity index (χ4n) is 1.74. The first kappa shape index (κ1) is 15.6. The molecule has 0 fully saturated rings. The number of nitrogens with one attached hydrogen (secondary N) is 1. The summed E-state index contributed by atoms with van der Waals surface area (Å²) in [7, 11) is 0. The molecular formula is C14H20BrNOS. The van der Waals surface area contributed by atoms with E-state index in [1.807, 2.05) is 30.5 Å². The Hall–Kier alpha value is -0.480. The average Bonchev–Trinajstić information content (AvgIpc) is 2.37. The highest BCUT2D eigenvalue weighted by Gasteiger charge is 2.13. The van der Waals surface area contributed by atoms with E-state index in [4.69, 9.17) is 0 Å². The van der Waals surface area contributed by atoms with Crippen molar-refractivity contribution >= 4 is 33.6 Å². The molecule has 1 N–H and O–H groups in total. The van der Waals surface area contributed by atoms with Crippen molar-refractivity contribution in [2.75, 3.05) is 11.6 Å². The van der Waals surface area contributed by atoms with E-state index in [2.05, 4.69) is 35.1 Å². The maximum Gasteiger partial charge on any atom is 0.251 e. The molecule has 1 aromatic carbocycles. The van der Waals surface area contributed by atoms with Crippen LogP contribution in [0, 0.1) is 5.92 Å². The molecule has 4 heteroatoms. The quantitative estimate of drug-likeness (QED) is 0.632. The van der Waals surface area contributed by atoms with Crippen LogP contribution in [0.5, 0.6) is 0 Å². The van der Waals surface area contributed by atoms with Gasteiger partial charge < -0.3 is 5.32 Å². The van der Waals surface area contributed by atoms with E-state index in [-0.39, 0.29) is 11.9 Å². The topological polar surface area (TPSA) is 29.1 Å². The molecule has 0 saturated carbocycles. The van der Waals surface area contributed by atoms with Crippen LogP contribution in [0.4, 0.5) is 0 Å². The Morgan fingerprint density at radius 3 is 2.39 bits per heavy atom. The maximum absolute atomic E-state index is 12.1. The lowest BCUT2D eigenvalue weighted by Crippen LogP contribution is -2.37. The van der Waals surface area contributed by atoms with Gasteiger partial charge in [0, 0.05) is 21.8 Å². The van der Waals surface area contributed by atoms with Gasteiger partial charge in [0.25, 0.3) is 5.91 Å². The van der Waals surface area contributed by atoms with Gasteiger partial charge in [-0.1, -0.05) is 29.8 Å². The Bertz CT molecular complexity index is 378. The molecule has 0 radical (unpaired) electrons. The third kappa shape index (κ3) is 5.02. The van der Waals surface area contributed by atoms with Crippen molar-refractivity contribution in [1.29, 1.82) is 0 Å². The summed E-state index contributed by atoms with van der Waals surface area (Å²) in [4.78, 5) is 13.2. The summed E-state index contributed by atoms with van der Waals surface area (Å²) in [6, 6.07) is 7.90. The summed E-state index contributed by atoms with van der Waals surface area (Å²) in [5, 5.41) is 3.85. The molecule has 0 aliphatic rings. The predicted molar refractivity (Wildman–Crippen MR) is 82.7 cm³/mol. The van der Waals surface area contributed by atoms with Gasteiger partial charge in [-0.3, -0.25) is 4.79 Å². The lowest BCUT2D eigenvalue weighted by atomic mass is 10.0. The minimum absolute atomic E-state index is 0.00718. The molecule has 1 unspecified atom stereocenters. The largest absolute Gasteiger partial charge is 0.348 e. The Morgan fingerprint density at radius 2 is 1.94 bits per heavy atom. The number of halogens is 1. The van der Waals surface area contributed by atoms with Gasteiger partial charge in [-0.25, -0.2) is 0 Å². The van der Waals surface area contributed by atoms with E-state index in [1.54, 1.807) is 11.8 Å². The molecule has 0 aromatic heterocycles. The average molecular weight is 330 g/mol. The fourth-order valence-corrected chi connectivity index (χ4v) is 2.58. The second-order valence-corrected chi connectivity index (χ2v) is 6.21. The predicted octanol–water partition coefficient (Wildman–Crippen LogP) is 3.95. The summed E-state index contributed by atoms with van der Waals surface area (Å²) in [5.41, 5.74) is 0.725. The van der Waals surface area contributed by atoms with Gasteiger partial charge in [-0.2, -0.15) is 0 Å². The van der Waals surface area contributed by atoms with Gasteiger partial charge in [0.05, 0.1) is 0 Å². The number of hydrogen-bond donors (Lipinski definition) is 1. The van der Waals surface area contributed by atoms with Crippen LogP contribution < -0.4 is 5.32 Å². The van der Waals surface area contributed by atoms with Crippen LogP contribution in [0.25, 0.3) is 0 Å². The lowest BCUT2D eigenvalue weighted by Gasteiger charge is -2.18. The first-order chi connectivity index (χ1) is 8.56. The van der Waals surface area contributed by atoms with E-state index in [1.165, 1.54) is 4.90 Å². The van der Waals surface area contributed by atoms with Gasteiger partial charge in [0.2, 0.25) is 0 Å². The molecule has 18 heavy (non-hydrogen) atoms. The summed E-state index contributed by atoms with van der Waals surface area (Å²) in [6.07, 6.45) is 3.01. The van der Waals surface area contributed by atoms with Gasteiger partial charge >= 0.3 is 0 Å². The van der Waals surface area contributed by atoms with Crippen LogP contribution in [0.15, 0.2) is 29.2 Å². The molecule has 0 aliphatic carbocycles. The molecule has 1 rings (SSSR count). The van der Waals surface area contributed by atoms with Crippen molar-refractivity contribution in [2.24, 2.45) is 5.92 Å². The molecule has 1 atom stereocenters. The second kappa shape index (κ2) is 7.85. The number of hydrogen-bond acceptors (Lipinski definition) is 2. The molecule has 1 amide bonds. The SMILES string of the molecule is CSc1ccc(C(=O)NC(CBr)CC(C)C)cc1. The normalized spacial score (nSPS) is 12.5. The van der Waals surface area contributed by atoms with Crippen LogP contribution in [0.3, 0.4) is 0 Å². The third-order valence-corrected chi connectivity index (χ3v) is 4.15. The van der Waals surface area contributed by atoms with Crippen LogP contribution in [0.1, 0.15) is 30.6 Å². The summed E-state index contributed by atoms with van der Waals surface area (Å²) >= 11 is 5.13. The van der Waals surface area contributed by atoms with Gasteiger partial charge in [-0.05, 0) is 42.9 Å². The number of thioether (sulfide) groups is 1. The smallest absolute Gasteiger partial charge is 0.251 e. The van der Waals surface area contributed by atoms with E-state index in [0.29, 0.717) is 5.92 Å². The van der Waals surface area contributed by atoms with Crippen LogP contribution >= 0.6 is 27.7 Å². The third-order valence-electron chi connectivity index (χ3n) is 2.63. The Balaban J connectivity index is 2.62. The standard InChI is InChI=1S/C14H20BrNOS/c1-10(2)8-12(9-15)16-14(17)11-4-6-13(18-3)7-5-11/h4-7,10,12H,8-9H2,1-3H3,(H,16,17). The zero-order chi connectivity index (χ0) is 13.5. The molecule has 0 spiro atoms. The first-order valence-electron chi connectivity index (χ1n) is 6.07. The molecule has 1 aromatic rings. The summed E-state index contributed by atoms with van der Waals surface area (Å²) in [6.45, 7) is 4.32. The van der Waals surface area contributed by atoms with Crippen molar-refractivity contribution in [3.63, 3.8) is 0 Å². The van der Waals surface area contributed by atoms with Crippen molar-refractivity contribution in [1.82, 2.24) is 5.32 Å². The van der Waals surface area contributed by atoms with E-state index in [0.717, 1.165) is 17.3 Å². The Kier molecular flexibility index (Phi) is 6.79. The van der Waals surface area contributed by atoms with E-state index >= 15 is 0 Å². The van der Waals surface area contributed by atoms with E-state index < -0.39 is 0 Å². The van der Waals surface area contributed by atoms with E-state index in [9.17, 15) is 4.79 Å². The van der Waals surface area contributed by atoms with Crippen molar-refractivity contribution in [3.05, 3.63) is 29.8 Å². The molecule has 0 bridgehead atoms. The van der Waals surface area contributed by atoms with Crippen LogP contribution in [-0.4, -0.2) is 23.5 Å².